The molecule has 1 aromatic heterocycles. The molecule has 1 aromatic carbocycles. The molecule has 2 aromatic rings. The maximum absolute atomic E-state index is 11.9. The maximum Gasteiger partial charge on any atom is 0.321 e. The summed E-state index contributed by atoms with van der Waals surface area (Å²) < 4.78 is 16.0. The van der Waals surface area contributed by atoms with Crippen LogP contribution in [0.5, 0.6) is 11.5 Å². The number of benzene rings is 1. The molecule has 1 aliphatic carbocycles. The van der Waals surface area contributed by atoms with Crippen LogP contribution in [-0.4, -0.2) is 48.1 Å². The number of carbonyl (C=O) groups is 2. The molecule has 1 fully saturated rings. The number of imide groups is 1. The average Bonchev–Trinajstić information content (AvgIpc) is 3.37. The van der Waals surface area contributed by atoms with Gasteiger partial charge >= 0.3 is 6.03 Å². The van der Waals surface area contributed by atoms with E-state index in [1.165, 1.54) is 0 Å². The number of hydrogen-bond acceptors (Lipinski definition) is 8. The highest BCUT2D eigenvalue weighted by Gasteiger charge is 2.19. The lowest BCUT2D eigenvalue weighted by Crippen LogP contribution is -2.44. The van der Waals surface area contributed by atoms with Crippen LogP contribution in [0.25, 0.3) is 11.5 Å². The molecule has 0 radical (unpaired) electrons. The van der Waals surface area contributed by atoms with Crippen molar-refractivity contribution < 1.29 is 23.5 Å². The molecule has 0 aliphatic heterocycles. The number of rotatable bonds is 7. The number of hydrogen-bond donors (Lipinski definition) is 2. The predicted molar refractivity (Wildman–Crippen MR) is 102 cm³/mol. The minimum atomic E-state index is -0.466. The van der Waals surface area contributed by atoms with E-state index >= 15 is 0 Å². The van der Waals surface area contributed by atoms with Crippen LogP contribution in [0.4, 0.5) is 4.79 Å². The Bertz CT molecular complexity index is 813. The SMILES string of the molecule is COc1cc(OC)cc(-c2nnc(SCC(=O)NC(=O)NC3CCCC3)o2)c1. The zero-order valence-corrected chi connectivity index (χ0v) is 16.5. The van der Waals surface area contributed by atoms with Gasteiger partial charge in [-0.15, -0.1) is 10.2 Å². The van der Waals surface area contributed by atoms with Crippen LogP contribution >= 0.6 is 11.8 Å². The van der Waals surface area contributed by atoms with Gasteiger partial charge in [0.05, 0.1) is 20.0 Å². The van der Waals surface area contributed by atoms with Crippen molar-refractivity contribution in [1.82, 2.24) is 20.8 Å². The molecule has 2 N–H and O–H groups in total. The monoisotopic (exact) mass is 406 g/mol. The summed E-state index contributed by atoms with van der Waals surface area (Å²) in [6, 6.07) is 4.90. The molecule has 1 saturated carbocycles. The minimum absolute atomic E-state index is 0.0127. The number of methoxy groups -OCH3 is 2. The molecule has 150 valence electrons. The van der Waals surface area contributed by atoms with E-state index in [0.717, 1.165) is 37.4 Å². The highest BCUT2D eigenvalue weighted by atomic mass is 32.2. The number of aromatic nitrogens is 2. The van der Waals surface area contributed by atoms with Crippen LogP contribution in [0.1, 0.15) is 25.7 Å². The van der Waals surface area contributed by atoms with Crippen molar-refractivity contribution >= 4 is 23.7 Å². The first kappa shape index (κ1) is 20.0. The van der Waals surface area contributed by atoms with E-state index in [0.29, 0.717) is 17.1 Å². The lowest BCUT2D eigenvalue weighted by atomic mass is 10.2. The number of nitrogens with one attached hydrogen (secondary N) is 2. The molecular formula is C18H22N4O5S. The molecule has 28 heavy (non-hydrogen) atoms. The summed E-state index contributed by atoms with van der Waals surface area (Å²) in [6.45, 7) is 0. The highest BCUT2D eigenvalue weighted by Crippen LogP contribution is 2.30. The number of amides is 3. The van der Waals surface area contributed by atoms with Gasteiger partial charge in [0.15, 0.2) is 0 Å². The van der Waals surface area contributed by atoms with E-state index in [1.54, 1.807) is 32.4 Å². The Labute approximate surface area is 166 Å². The lowest BCUT2D eigenvalue weighted by Gasteiger charge is -2.11. The zero-order chi connectivity index (χ0) is 19.9. The summed E-state index contributed by atoms with van der Waals surface area (Å²) in [4.78, 5) is 23.7. The summed E-state index contributed by atoms with van der Waals surface area (Å²) in [6.07, 6.45) is 4.12. The normalized spacial score (nSPS) is 13.9. The van der Waals surface area contributed by atoms with Crippen LogP contribution in [0.15, 0.2) is 27.8 Å². The van der Waals surface area contributed by atoms with E-state index in [-0.39, 0.29) is 22.9 Å². The first-order valence-corrected chi connectivity index (χ1v) is 9.86. The second-order valence-electron chi connectivity index (χ2n) is 6.27. The van der Waals surface area contributed by atoms with Crippen molar-refractivity contribution in [2.75, 3.05) is 20.0 Å². The first-order valence-electron chi connectivity index (χ1n) is 8.87. The van der Waals surface area contributed by atoms with Gasteiger partial charge in [-0.1, -0.05) is 24.6 Å². The molecular weight excluding hydrogens is 384 g/mol. The Kier molecular flexibility index (Phi) is 6.75. The van der Waals surface area contributed by atoms with Crippen LogP contribution in [0.2, 0.25) is 0 Å². The maximum atomic E-state index is 11.9. The molecule has 0 bridgehead atoms. The molecule has 0 unspecified atom stereocenters. The Balaban J connectivity index is 1.53. The fourth-order valence-corrected chi connectivity index (χ4v) is 3.46. The topological polar surface area (TPSA) is 116 Å². The Morgan fingerprint density at radius 2 is 1.82 bits per heavy atom. The number of nitrogens with zero attached hydrogens (tertiary/aromatic N) is 2. The van der Waals surface area contributed by atoms with Crippen LogP contribution in [0.3, 0.4) is 0 Å². The first-order chi connectivity index (χ1) is 13.6. The van der Waals surface area contributed by atoms with Crippen LogP contribution in [0, 0.1) is 0 Å². The predicted octanol–water partition coefficient (Wildman–Crippen LogP) is 2.61. The Hall–Kier alpha value is -2.75. The third kappa shape index (κ3) is 5.38. The van der Waals surface area contributed by atoms with E-state index in [4.69, 9.17) is 13.9 Å². The quantitative estimate of drug-likeness (QED) is 0.674. The zero-order valence-electron chi connectivity index (χ0n) is 15.7. The molecule has 0 spiro atoms. The van der Waals surface area contributed by atoms with Gasteiger partial charge < -0.3 is 19.2 Å². The van der Waals surface area contributed by atoms with Gasteiger partial charge in [0.1, 0.15) is 11.5 Å². The molecule has 10 heteroatoms. The molecule has 0 saturated heterocycles. The molecule has 1 heterocycles. The fourth-order valence-electron chi connectivity index (χ4n) is 2.90. The van der Waals surface area contributed by atoms with Gasteiger partial charge in [0.25, 0.3) is 5.22 Å². The summed E-state index contributed by atoms with van der Waals surface area (Å²) in [5.41, 5.74) is 0.635. The van der Waals surface area contributed by atoms with Gasteiger partial charge in [0, 0.05) is 17.7 Å². The van der Waals surface area contributed by atoms with Gasteiger partial charge in [-0.3, -0.25) is 10.1 Å². The van der Waals surface area contributed by atoms with Gasteiger partial charge in [-0.2, -0.15) is 0 Å². The van der Waals surface area contributed by atoms with E-state index in [9.17, 15) is 9.59 Å². The van der Waals surface area contributed by atoms with Gasteiger partial charge in [-0.05, 0) is 25.0 Å². The van der Waals surface area contributed by atoms with Crippen LogP contribution < -0.4 is 20.1 Å². The third-order valence-corrected chi connectivity index (χ3v) is 5.09. The molecule has 3 rings (SSSR count). The van der Waals surface area contributed by atoms with Crippen molar-refractivity contribution in [1.29, 1.82) is 0 Å². The molecule has 9 nitrogen and oxygen atoms in total. The largest absolute Gasteiger partial charge is 0.497 e. The van der Waals surface area contributed by atoms with E-state index < -0.39 is 11.9 Å². The molecule has 1 aliphatic rings. The van der Waals surface area contributed by atoms with Crippen molar-refractivity contribution in [3.05, 3.63) is 18.2 Å². The summed E-state index contributed by atoms with van der Waals surface area (Å²) in [5, 5.41) is 13.2. The van der Waals surface area contributed by atoms with Gasteiger partial charge in [-0.25, -0.2) is 4.79 Å². The van der Waals surface area contributed by atoms with Gasteiger partial charge in [0.2, 0.25) is 11.8 Å². The smallest absolute Gasteiger partial charge is 0.321 e. The Morgan fingerprint density at radius 3 is 2.46 bits per heavy atom. The number of carbonyl (C=O) groups excluding carboxylic acids is 2. The summed E-state index contributed by atoms with van der Waals surface area (Å²) >= 11 is 1.05. The van der Waals surface area contributed by atoms with Crippen molar-refractivity contribution in [2.24, 2.45) is 0 Å². The molecule has 3 amide bonds. The van der Waals surface area contributed by atoms with Crippen molar-refractivity contribution in [3.8, 4) is 23.0 Å². The van der Waals surface area contributed by atoms with Crippen LogP contribution in [-0.2, 0) is 4.79 Å². The lowest BCUT2D eigenvalue weighted by molar-refractivity contribution is -0.117. The average molecular weight is 406 g/mol. The third-order valence-electron chi connectivity index (χ3n) is 4.27. The fraction of sp³-hybridized carbons (Fsp3) is 0.444. The van der Waals surface area contributed by atoms with E-state index in [1.807, 2.05) is 0 Å². The Morgan fingerprint density at radius 1 is 1.14 bits per heavy atom. The standard InChI is InChI=1S/C18H22N4O5S/c1-25-13-7-11(8-14(9-13)26-2)16-21-22-18(27-16)28-10-15(23)20-17(24)19-12-5-3-4-6-12/h7-9,12H,3-6,10H2,1-2H3,(H2,19,20,23,24). The van der Waals surface area contributed by atoms with E-state index in [2.05, 4.69) is 20.8 Å². The number of urea groups is 1. The summed E-state index contributed by atoms with van der Waals surface area (Å²) in [5.74, 6) is 1.02. The summed E-state index contributed by atoms with van der Waals surface area (Å²) in [7, 11) is 3.10. The van der Waals surface area contributed by atoms with Crippen molar-refractivity contribution in [2.45, 2.75) is 36.9 Å². The highest BCUT2D eigenvalue weighted by molar-refractivity contribution is 7.99. The molecule has 0 atom stereocenters. The minimum Gasteiger partial charge on any atom is -0.497 e. The second-order valence-corrected chi connectivity index (χ2v) is 7.19. The number of ether oxygens (including phenoxy) is 2. The van der Waals surface area contributed by atoms with Crippen molar-refractivity contribution in [3.63, 3.8) is 0 Å². The number of thioether (sulfide) groups is 1. The second kappa shape index (κ2) is 9.45.